The molecule has 0 spiro atoms. The summed E-state index contributed by atoms with van der Waals surface area (Å²) in [7, 11) is 0. The molecule has 0 amide bonds. The molecule has 2 N–H and O–H groups in total. The standard InChI is InChI=1S/C10H10ClNO/c11-8-1-2-10-7(5-8)6-9(13-10)3-4-12/h1-2,5-6H,3-4,12H2. The maximum atomic E-state index is 5.84. The van der Waals surface area contributed by atoms with Gasteiger partial charge >= 0.3 is 0 Å². The third kappa shape index (κ3) is 1.69. The molecule has 1 aromatic carbocycles. The SMILES string of the molecule is NCCc1cc2cc(Cl)ccc2o1. The zero-order valence-electron chi connectivity index (χ0n) is 7.09. The molecule has 13 heavy (non-hydrogen) atoms. The van der Waals surface area contributed by atoms with E-state index in [1.165, 1.54) is 0 Å². The van der Waals surface area contributed by atoms with Crippen LogP contribution in [0.25, 0.3) is 11.0 Å². The molecule has 0 radical (unpaired) electrons. The van der Waals surface area contributed by atoms with Crippen molar-refractivity contribution in [3.63, 3.8) is 0 Å². The van der Waals surface area contributed by atoms with E-state index in [0.29, 0.717) is 6.54 Å². The predicted molar refractivity (Wildman–Crippen MR) is 54.0 cm³/mol. The topological polar surface area (TPSA) is 39.2 Å². The highest BCUT2D eigenvalue weighted by atomic mass is 35.5. The van der Waals surface area contributed by atoms with Gasteiger partial charge in [-0.2, -0.15) is 0 Å². The number of halogens is 1. The minimum Gasteiger partial charge on any atom is -0.461 e. The van der Waals surface area contributed by atoms with Gasteiger partial charge in [-0.15, -0.1) is 0 Å². The van der Waals surface area contributed by atoms with Crippen molar-refractivity contribution >= 4 is 22.6 Å². The molecule has 0 saturated carbocycles. The Morgan fingerprint density at radius 2 is 2.15 bits per heavy atom. The fourth-order valence-electron chi connectivity index (χ4n) is 1.33. The largest absolute Gasteiger partial charge is 0.461 e. The fourth-order valence-corrected chi connectivity index (χ4v) is 1.52. The van der Waals surface area contributed by atoms with Gasteiger partial charge in [0.15, 0.2) is 0 Å². The molecule has 0 aliphatic heterocycles. The molecule has 0 aliphatic rings. The van der Waals surface area contributed by atoms with E-state index in [9.17, 15) is 0 Å². The van der Waals surface area contributed by atoms with Crippen molar-refractivity contribution in [2.75, 3.05) is 6.54 Å². The van der Waals surface area contributed by atoms with Gasteiger partial charge in [0.1, 0.15) is 11.3 Å². The van der Waals surface area contributed by atoms with Crippen LogP contribution >= 0.6 is 11.6 Å². The van der Waals surface area contributed by atoms with Gasteiger partial charge in [-0.05, 0) is 30.8 Å². The summed E-state index contributed by atoms with van der Waals surface area (Å²) in [5.74, 6) is 0.916. The highest BCUT2D eigenvalue weighted by molar-refractivity contribution is 6.31. The van der Waals surface area contributed by atoms with Crippen molar-refractivity contribution in [1.82, 2.24) is 0 Å². The second-order valence-electron chi connectivity index (χ2n) is 2.93. The molecule has 0 fully saturated rings. The third-order valence-corrected chi connectivity index (χ3v) is 2.16. The fraction of sp³-hybridized carbons (Fsp3) is 0.200. The lowest BCUT2D eigenvalue weighted by Crippen LogP contribution is -2.01. The Balaban J connectivity index is 2.49. The van der Waals surface area contributed by atoms with Crippen LogP contribution in [0.1, 0.15) is 5.76 Å². The highest BCUT2D eigenvalue weighted by Gasteiger charge is 2.02. The first-order chi connectivity index (χ1) is 6.29. The van der Waals surface area contributed by atoms with Gasteiger partial charge in [0, 0.05) is 16.8 Å². The highest BCUT2D eigenvalue weighted by Crippen LogP contribution is 2.22. The summed E-state index contributed by atoms with van der Waals surface area (Å²) in [6.07, 6.45) is 0.770. The predicted octanol–water partition coefficient (Wildman–Crippen LogP) is 2.59. The summed E-state index contributed by atoms with van der Waals surface area (Å²) in [5.41, 5.74) is 6.29. The zero-order chi connectivity index (χ0) is 9.26. The van der Waals surface area contributed by atoms with E-state index in [4.69, 9.17) is 21.8 Å². The Bertz CT molecular complexity index is 422. The quantitative estimate of drug-likeness (QED) is 0.800. The molecule has 0 unspecified atom stereocenters. The van der Waals surface area contributed by atoms with Crippen molar-refractivity contribution in [2.24, 2.45) is 5.73 Å². The minimum absolute atomic E-state index is 0.605. The molecule has 0 aliphatic carbocycles. The molecule has 2 aromatic rings. The van der Waals surface area contributed by atoms with E-state index in [1.807, 2.05) is 24.3 Å². The summed E-state index contributed by atoms with van der Waals surface area (Å²) >= 11 is 5.84. The van der Waals surface area contributed by atoms with Crippen molar-refractivity contribution < 1.29 is 4.42 Å². The van der Waals surface area contributed by atoms with Crippen LogP contribution in [-0.4, -0.2) is 6.54 Å². The van der Waals surface area contributed by atoms with Crippen molar-refractivity contribution in [2.45, 2.75) is 6.42 Å². The Labute approximate surface area is 81.3 Å². The average molecular weight is 196 g/mol. The van der Waals surface area contributed by atoms with Crippen LogP contribution in [0.3, 0.4) is 0 Å². The van der Waals surface area contributed by atoms with Gasteiger partial charge in [0.25, 0.3) is 0 Å². The smallest absolute Gasteiger partial charge is 0.134 e. The van der Waals surface area contributed by atoms with Gasteiger partial charge in [-0.1, -0.05) is 11.6 Å². The van der Waals surface area contributed by atoms with Gasteiger partial charge in [-0.3, -0.25) is 0 Å². The number of hydrogen-bond acceptors (Lipinski definition) is 2. The van der Waals surface area contributed by atoms with Crippen LogP contribution in [0, 0.1) is 0 Å². The number of rotatable bonds is 2. The van der Waals surface area contributed by atoms with Gasteiger partial charge in [0.05, 0.1) is 0 Å². The lowest BCUT2D eigenvalue weighted by Gasteiger charge is -1.88. The summed E-state index contributed by atoms with van der Waals surface area (Å²) in [6.45, 7) is 0.605. The molecule has 68 valence electrons. The normalized spacial score (nSPS) is 10.9. The van der Waals surface area contributed by atoms with E-state index in [1.54, 1.807) is 0 Å². The summed E-state index contributed by atoms with van der Waals surface area (Å²) in [6, 6.07) is 7.56. The molecular formula is C10H10ClNO. The third-order valence-electron chi connectivity index (χ3n) is 1.92. The monoisotopic (exact) mass is 195 g/mol. The van der Waals surface area contributed by atoms with Crippen molar-refractivity contribution in [3.05, 3.63) is 35.0 Å². The van der Waals surface area contributed by atoms with Gasteiger partial charge in [0.2, 0.25) is 0 Å². The van der Waals surface area contributed by atoms with Crippen molar-refractivity contribution in [1.29, 1.82) is 0 Å². The molecule has 0 bridgehead atoms. The van der Waals surface area contributed by atoms with Crippen LogP contribution in [0.4, 0.5) is 0 Å². The first-order valence-electron chi connectivity index (χ1n) is 4.17. The molecule has 2 rings (SSSR count). The van der Waals surface area contributed by atoms with E-state index >= 15 is 0 Å². The molecule has 1 heterocycles. The molecule has 2 nitrogen and oxygen atoms in total. The second-order valence-corrected chi connectivity index (χ2v) is 3.37. The summed E-state index contributed by atoms with van der Waals surface area (Å²) in [4.78, 5) is 0. The zero-order valence-corrected chi connectivity index (χ0v) is 7.84. The lowest BCUT2D eigenvalue weighted by molar-refractivity contribution is 0.550. The average Bonchev–Trinajstić information content (AvgIpc) is 2.46. The van der Waals surface area contributed by atoms with Gasteiger partial charge in [-0.25, -0.2) is 0 Å². The maximum Gasteiger partial charge on any atom is 0.134 e. The molecule has 1 aromatic heterocycles. The number of nitrogens with two attached hydrogens (primary N) is 1. The second kappa shape index (κ2) is 3.40. The van der Waals surface area contributed by atoms with E-state index in [-0.39, 0.29) is 0 Å². The Kier molecular flexibility index (Phi) is 2.25. The minimum atomic E-state index is 0.605. The van der Waals surface area contributed by atoms with Crippen LogP contribution in [0.15, 0.2) is 28.7 Å². The van der Waals surface area contributed by atoms with E-state index in [2.05, 4.69) is 0 Å². The summed E-state index contributed by atoms with van der Waals surface area (Å²) in [5, 5.41) is 1.77. The van der Waals surface area contributed by atoms with E-state index < -0.39 is 0 Å². The van der Waals surface area contributed by atoms with Crippen LogP contribution < -0.4 is 5.73 Å². The first kappa shape index (κ1) is 8.60. The molecule has 3 heteroatoms. The Hall–Kier alpha value is -0.990. The van der Waals surface area contributed by atoms with E-state index in [0.717, 1.165) is 28.2 Å². The first-order valence-corrected chi connectivity index (χ1v) is 4.55. The van der Waals surface area contributed by atoms with Crippen LogP contribution in [0.2, 0.25) is 5.02 Å². The number of hydrogen-bond donors (Lipinski definition) is 1. The molecule has 0 saturated heterocycles. The Morgan fingerprint density at radius 3 is 2.92 bits per heavy atom. The number of benzene rings is 1. The lowest BCUT2D eigenvalue weighted by atomic mass is 10.2. The number of furan rings is 1. The molecular weight excluding hydrogens is 186 g/mol. The molecule has 0 atom stereocenters. The number of fused-ring (bicyclic) bond motifs is 1. The Morgan fingerprint density at radius 1 is 1.31 bits per heavy atom. The van der Waals surface area contributed by atoms with Crippen molar-refractivity contribution in [3.8, 4) is 0 Å². The van der Waals surface area contributed by atoms with Crippen LogP contribution in [-0.2, 0) is 6.42 Å². The summed E-state index contributed by atoms with van der Waals surface area (Å²) < 4.78 is 5.52. The van der Waals surface area contributed by atoms with Crippen LogP contribution in [0.5, 0.6) is 0 Å². The maximum absolute atomic E-state index is 5.84. The van der Waals surface area contributed by atoms with Gasteiger partial charge < -0.3 is 10.2 Å².